The molecule has 0 aromatic heterocycles. The molecule has 1 atom stereocenters. The van der Waals surface area contributed by atoms with Crippen molar-refractivity contribution in [1.82, 2.24) is 9.62 Å². The Balaban J connectivity index is 1.68. The van der Waals surface area contributed by atoms with Gasteiger partial charge in [-0.2, -0.15) is 4.31 Å². The molecule has 2 aromatic carbocycles. The zero-order valence-electron chi connectivity index (χ0n) is 14.6. The third-order valence-corrected chi connectivity index (χ3v) is 7.35. The van der Waals surface area contributed by atoms with E-state index in [0.29, 0.717) is 31.0 Å². The summed E-state index contributed by atoms with van der Waals surface area (Å²) in [7, 11) is -3.73. The molecule has 1 heterocycles. The summed E-state index contributed by atoms with van der Waals surface area (Å²) in [4.78, 5) is 12.6. The molecule has 2 aromatic rings. The average Bonchev–Trinajstić information content (AvgIpc) is 2.67. The van der Waals surface area contributed by atoms with E-state index in [1.54, 1.807) is 24.3 Å². The summed E-state index contributed by atoms with van der Waals surface area (Å²) >= 11 is 12.2. The average molecular weight is 427 g/mol. The van der Waals surface area contributed by atoms with Crippen LogP contribution in [0.3, 0.4) is 0 Å². The van der Waals surface area contributed by atoms with Gasteiger partial charge in [0.05, 0.1) is 10.9 Å². The highest BCUT2D eigenvalue weighted by molar-refractivity contribution is 7.89. The van der Waals surface area contributed by atoms with Gasteiger partial charge in [-0.1, -0.05) is 53.5 Å². The van der Waals surface area contributed by atoms with E-state index in [4.69, 9.17) is 23.2 Å². The van der Waals surface area contributed by atoms with Gasteiger partial charge in [0, 0.05) is 24.7 Å². The van der Waals surface area contributed by atoms with E-state index in [1.165, 1.54) is 10.4 Å². The molecule has 0 saturated carbocycles. The molecule has 144 valence electrons. The number of hydrogen-bond donors (Lipinski definition) is 1. The van der Waals surface area contributed by atoms with Gasteiger partial charge in [-0.3, -0.25) is 4.79 Å². The largest absolute Gasteiger partial charge is 0.352 e. The van der Waals surface area contributed by atoms with Crippen LogP contribution in [0.25, 0.3) is 0 Å². The number of sulfonamides is 1. The van der Waals surface area contributed by atoms with Crippen molar-refractivity contribution >= 4 is 39.1 Å². The zero-order chi connectivity index (χ0) is 19.4. The Kier molecular flexibility index (Phi) is 6.42. The lowest BCUT2D eigenvalue weighted by molar-refractivity contribution is -0.126. The lowest BCUT2D eigenvalue weighted by atomic mass is 9.99. The second-order valence-corrected chi connectivity index (χ2v) is 9.16. The summed E-state index contributed by atoms with van der Waals surface area (Å²) in [6.07, 6.45) is 1.26. The van der Waals surface area contributed by atoms with Crippen LogP contribution in [0, 0.1) is 5.92 Å². The van der Waals surface area contributed by atoms with E-state index in [0.717, 1.165) is 5.56 Å². The molecule has 27 heavy (non-hydrogen) atoms. The predicted octanol–water partition coefficient (Wildman–Crippen LogP) is 3.71. The van der Waals surface area contributed by atoms with Crippen LogP contribution >= 0.6 is 23.2 Å². The Morgan fingerprint density at radius 3 is 2.44 bits per heavy atom. The molecule has 1 unspecified atom stereocenters. The summed E-state index contributed by atoms with van der Waals surface area (Å²) in [6, 6.07) is 13.6. The minimum atomic E-state index is -3.73. The highest BCUT2D eigenvalue weighted by Crippen LogP contribution is 2.28. The normalized spacial score (nSPS) is 18.2. The molecule has 0 spiro atoms. The first-order chi connectivity index (χ1) is 12.9. The van der Waals surface area contributed by atoms with Gasteiger partial charge in [0.2, 0.25) is 15.9 Å². The van der Waals surface area contributed by atoms with Crippen LogP contribution < -0.4 is 5.32 Å². The zero-order valence-corrected chi connectivity index (χ0v) is 16.9. The Bertz CT molecular complexity index is 934. The third-order valence-electron chi connectivity index (χ3n) is 4.62. The first kappa shape index (κ1) is 20.1. The molecule has 1 amide bonds. The predicted molar refractivity (Wildman–Crippen MR) is 106 cm³/mol. The molecule has 3 rings (SSSR count). The first-order valence-corrected chi connectivity index (χ1v) is 10.8. The van der Waals surface area contributed by atoms with Crippen LogP contribution in [0.1, 0.15) is 18.4 Å². The Labute approximate surface area is 169 Å². The van der Waals surface area contributed by atoms with E-state index >= 15 is 0 Å². The summed E-state index contributed by atoms with van der Waals surface area (Å²) in [5.41, 5.74) is 0.823. The Morgan fingerprint density at radius 2 is 1.74 bits per heavy atom. The van der Waals surface area contributed by atoms with E-state index in [1.807, 2.05) is 18.2 Å². The van der Waals surface area contributed by atoms with Gasteiger partial charge in [0.25, 0.3) is 0 Å². The number of piperidine rings is 1. The maximum absolute atomic E-state index is 12.9. The minimum Gasteiger partial charge on any atom is -0.352 e. The quantitative estimate of drug-likeness (QED) is 0.791. The number of rotatable bonds is 5. The molecule has 1 aliphatic rings. The number of hydrogen-bond acceptors (Lipinski definition) is 3. The van der Waals surface area contributed by atoms with Crippen molar-refractivity contribution in [2.45, 2.75) is 24.3 Å². The van der Waals surface area contributed by atoms with Crippen molar-refractivity contribution in [2.24, 2.45) is 5.92 Å². The molecule has 1 fully saturated rings. The van der Waals surface area contributed by atoms with Crippen LogP contribution in [-0.2, 0) is 21.4 Å². The topological polar surface area (TPSA) is 66.5 Å². The molecule has 1 aliphatic heterocycles. The van der Waals surface area contributed by atoms with Gasteiger partial charge in [0.15, 0.2) is 0 Å². The minimum absolute atomic E-state index is 0.0730. The first-order valence-electron chi connectivity index (χ1n) is 8.65. The summed E-state index contributed by atoms with van der Waals surface area (Å²) in [5, 5.41) is 3.63. The van der Waals surface area contributed by atoms with Crippen LogP contribution in [-0.4, -0.2) is 31.7 Å². The maximum atomic E-state index is 12.9. The smallest absolute Gasteiger partial charge is 0.244 e. The third kappa shape index (κ3) is 4.63. The molecule has 0 radical (unpaired) electrons. The van der Waals surface area contributed by atoms with Crippen molar-refractivity contribution < 1.29 is 13.2 Å². The highest BCUT2D eigenvalue weighted by Gasteiger charge is 2.34. The number of carbonyl (C=O) groups excluding carboxylic acids is 1. The number of carbonyl (C=O) groups is 1. The molecular weight excluding hydrogens is 407 g/mol. The number of nitrogens with zero attached hydrogens (tertiary/aromatic N) is 1. The van der Waals surface area contributed by atoms with E-state index in [-0.39, 0.29) is 22.4 Å². The van der Waals surface area contributed by atoms with Gasteiger partial charge in [-0.25, -0.2) is 8.42 Å². The number of benzene rings is 2. The SMILES string of the molecule is O=C(NCc1ccccc1Cl)C1CCCN(S(=O)(=O)c2ccccc2Cl)C1. The maximum Gasteiger partial charge on any atom is 0.244 e. The van der Waals surface area contributed by atoms with Crippen molar-refractivity contribution in [3.63, 3.8) is 0 Å². The van der Waals surface area contributed by atoms with Crippen LogP contribution in [0.2, 0.25) is 10.0 Å². The lowest BCUT2D eigenvalue weighted by Crippen LogP contribution is -2.45. The molecule has 1 saturated heterocycles. The number of halogens is 2. The lowest BCUT2D eigenvalue weighted by Gasteiger charge is -2.31. The molecule has 0 bridgehead atoms. The van der Waals surface area contributed by atoms with Gasteiger partial charge in [0.1, 0.15) is 4.90 Å². The fraction of sp³-hybridized carbons (Fsp3) is 0.316. The van der Waals surface area contributed by atoms with Crippen LogP contribution in [0.5, 0.6) is 0 Å². The van der Waals surface area contributed by atoms with Gasteiger partial charge in [-0.15, -0.1) is 0 Å². The molecule has 8 heteroatoms. The molecule has 5 nitrogen and oxygen atoms in total. The fourth-order valence-corrected chi connectivity index (χ4v) is 5.36. The van der Waals surface area contributed by atoms with Crippen molar-refractivity contribution in [3.05, 3.63) is 64.1 Å². The van der Waals surface area contributed by atoms with E-state index in [9.17, 15) is 13.2 Å². The second kappa shape index (κ2) is 8.61. The monoisotopic (exact) mass is 426 g/mol. The Morgan fingerprint density at radius 1 is 1.07 bits per heavy atom. The Hall–Kier alpha value is -1.60. The second-order valence-electron chi connectivity index (χ2n) is 6.44. The van der Waals surface area contributed by atoms with E-state index < -0.39 is 15.9 Å². The number of amides is 1. The van der Waals surface area contributed by atoms with Crippen molar-refractivity contribution in [3.8, 4) is 0 Å². The number of nitrogens with one attached hydrogen (secondary N) is 1. The standard InChI is InChI=1S/C19H20Cl2N2O3S/c20-16-8-2-1-6-14(16)12-22-19(24)15-7-5-11-23(13-15)27(25,26)18-10-4-3-9-17(18)21/h1-4,6,8-10,15H,5,7,11-13H2,(H,22,24). The molecular formula is C19H20Cl2N2O3S. The summed E-state index contributed by atoms with van der Waals surface area (Å²) in [6.45, 7) is 0.829. The van der Waals surface area contributed by atoms with Crippen molar-refractivity contribution in [1.29, 1.82) is 0 Å². The molecule has 1 N–H and O–H groups in total. The highest BCUT2D eigenvalue weighted by atomic mass is 35.5. The molecule has 0 aliphatic carbocycles. The van der Waals surface area contributed by atoms with Crippen LogP contribution in [0.4, 0.5) is 0 Å². The van der Waals surface area contributed by atoms with E-state index in [2.05, 4.69) is 5.32 Å². The summed E-state index contributed by atoms with van der Waals surface area (Å²) < 4.78 is 27.1. The van der Waals surface area contributed by atoms with Gasteiger partial charge < -0.3 is 5.32 Å². The van der Waals surface area contributed by atoms with Gasteiger partial charge in [-0.05, 0) is 36.6 Å². The van der Waals surface area contributed by atoms with Gasteiger partial charge >= 0.3 is 0 Å². The summed E-state index contributed by atoms with van der Waals surface area (Å²) in [5.74, 6) is -0.576. The fourth-order valence-electron chi connectivity index (χ4n) is 3.14. The van der Waals surface area contributed by atoms with Crippen molar-refractivity contribution in [2.75, 3.05) is 13.1 Å². The van der Waals surface area contributed by atoms with Crippen LogP contribution in [0.15, 0.2) is 53.4 Å².